The van der Waals surface area contributed by atoms with Gasteiger partial charge in [0.05, 0.1) is 0 Å². The summed E-state index contributed by atoms with van der Waals surface area (Å²) in [5.74, 6) is -0.950. The number of halogens is 1. The average Bonchev–Trinajstić information content (AvgIpc) is 2.02. The van der Waals surface area contributed by atoms with E-state index in [1.54, 1.807) is 24.3 Å². The standard InChI is InChI=1S/C10H9ClO2/c1-7-6-9(11)4-2-8(7)3-5-10(12)13/h2-6H,1H3,(H,12,13). The largest absolute Gasteiger partial charge is 0.478 e. The van der Waals surface area contributed by atoms with Crippen molar-refractivity contribution in [1.82, 2.24) is 0 Å². The maximum Gasteiger partial charge on any atom is 0.328 e. The number of carboxylic acids is 1. The highest BCUT2D eigenvalue weighted by Crippen LogP contribution is 2.16. The van der Waals surface area contributed by atoms with E-state index in [9.17, 15) is 4.79 Å². The first-order chi connectivity index (χ1) is 6.09. The van der Waals surface area contributed by atoms with Gasteiger partial charge in [-0.25, -0.2) is 4.79 Å². The smallest absolute Gasteiger partial charge is 0.328 e. The first kappa shape index (κ1) is 9.81. The van der Waals surface area contributed by atoms with Crippen LogP contribution in [-0.4, -0.2) is 11.1 Å². The van der Waals surface area contributed by atoms with Crippen molar-refractivity contribution in [2.24, 2.45) is 0 Å². The Morgan fingerprint density at radius 1 is 1.54 bits per heavy atom. The Labute approximate surface area is 81.5 Å². The number of carboxylic acid groups (broad SMARTS) is 1. The number of benzene rings is 1. The van der Waals surface area contributed by atoms with Crippen molar-refractivity contribution in [3.8, 4) is 0 Å². The molecule has 0 fully saturated rings. The summed E-state index contributed by atoms with van der Waals surface area (Å²) in [5, 5.41) is 9.06. The lowest BCUT2D eigenvalue weighted by atomic mass is 10.1. The lowest BCUT2D eigenvalue weighted by Gasteiger charge is -1.99. The summed E-state index contributed by atoms with van der Waals surface area (Å²) < 4.78 is 0. The molecule has 0 heterocycles. The third kappa shape index (κ3) is 2.92. The van der Waals surface area contributed by atoms with Crippen LogP contribution in [0.1, 0.15) is 11.1 Å². The molecular formula is C10H9ClO2. The van der Waals surface area contributed by atoms with Crippen LogP contribution >= 0.6 is 11.6 Å². The van der Waals surface area contributed by atoms with Crippen LogP contribution < -0.4 is 0 Å². The number of hydrogen-bond acceptors (Lipinski definition) is 1. The fourth-order valence-corrected chi connectivity index (χ4v) is 1.21. The van der Waals surface area contributed by atoms with E-state index in [4.69, 9.17) is 16.7 Å². The highest BCUT2D eigenvalue weighted by Gasteiger charge is 1.95. The zero-order chi connectivity index (χ0) is 9.84. The molecule has 0 saturated heterocycles. The quantitative estimate of drug-likeness (QED) is 0.739. The third-order valence-electron chi connectivity index (χ3n) is 1.64. The zero-order valence-corrected chi connectivity index (χ0v) is 7.88. The predicted octanol–water partition coefficient (Wildman–Crippen LogP) is 2.75. The van der Waals surface area contributed by atoms with Gasteiger partial charge in [-0.1, -0.05) is 17.7 Å². The molecule has 0 aliphatic heterocycles. The topological polar surface area (TPSA) is 37.3 Å². The van der Waals surface area contributed by atoms with Gasteiger partial charge in [0.2, 0.25) is 0 Å². The molecule has 1 rings (SSSR count). The Morgan fingerprint density at radius 3 is 2.77 bits per heavy atom. The molecule has 0 aromatic heterocycles. The zero-order valence-electron chi connectivity index (χ0n) is 7.12. The molecule has 68 valence electrons. The Kier molecular flexibility index (Phi) is 3.09. The van der Waals surface area contributed by atoms with Crippen LogP contribution in [0.4, 0.5) is 0 Å². The van der Waals surface area contributed by atoms with Crippen molar-refractivity contribution in [2.45, 2.75) is 6.92 Å². The summed E-state index contributed by atoms with van der Waals surface area (Å²) in [5.41, 5.74) is 1.83. The predicted molar refractivity (Wildman–Crippen MR) is 52.9 cm³/mol. The van der Waals surface area contributed by atoms with Crippen molar-refractivity contribution < 1.29 is 9.90 Å². The van der Waals surface area contributed by atoms with Crippen LogP contribution in [0.25, 0.3) is 6.08 Å². The molecule has 0 bridgehead atoms. The normalized spacial score (nSPS) is 10.6. The van der Waals surface area contributed by atoms with E-state index >= 15 is 0 Å². The highest BCUT2D eigenvalue weighted by molar-refractivity contribution is 6.30. The number of aryl methyl sites for hydroxylation is 1. The van der Waals surface area contributed by atoms with Crippen LogP contribution in [-0.2, 0) is 4.79 Å². The van der Waals surface area contributed by atoms with Gasteiger partial charge in [0.1, 0.15) is 0 Å². The molecule has 2 nitrogen and oxygen atoms in total. The first-order valence-electron chi connectivity index (χ1n) is 3.77. The summed E-state index contributed by atoms with van der Waals surface area (Å²) in [4.78, 5) is 10.2. The van der Waals surface area contributed by atoms with Gasteiger partial charge in [0, 0.05) is 11.1 Å². The van der Waals surface area contributed by atoms with Crippen molar-refractivity contribution in [3.63, 3.8) is 0 Å². The molecule has 0 atom stereocenters. The number of rotatable bonds is 2. The molecule has 0 aliphatic carbocycles. The fourth-order valence-electron chi connectivity index (χ4n) is 0.987. The van der Waals surface area contributed by atoms with E-state index < -0.39 is 5.97 Å². The SMILES string of the molecule is Cc1cc(Cl)ccc1C=CC(=O)O. The maximum atomic E-state index is 10.2. The monoisotopic (exact) mass is 196 g/mol. The van der Waals surface area contributed by atoms with Gasteiger partial charge in [-0.2, -0.15) is 0 Å². The molecule has 1 N–H and O–H groups in total. The summed E-state index contributed by atoms with van der Waals surface area (Å²) in [6.45, 7) is 1.88. The fraction of sp³-hybridized carbons (Fsp3) is 0.100. The Morgan fingerprint density at radius 2 is 2.23 bits per heavy atom. The Hall–Kier alpha value is -1.28. The minimum absolute atomic E-state index is 0.657. The molecule has 0 radical (unpaired) electrons. The molecule has 0 spiro atoms. The number of carbonyl (C=O) groups is 1. The Bertz CT molecular complexity index is 356. The van der Waals surface area contributed by atoms with E-state index in [0.29, 0.717) is 5.02 Å². The van der Waals surface area contributed by atoms with Crippen molar-refractivity contribution in [3.05, 3.63) is 40.4 Å². The van der Waals surface area contributed by atoms with Crippen LogP contribution in [0.2, 0.25) is 5.02 Å². The lowest BCUT2D eigenvalue weighted by molar-refractivity contribution is -0.131. The van der Waals surface area contributed by atoms with Gasteiger partial charge in [-0.15, -0.1) is 0 Å². The second-order valence-corrected chi connectivity index (χ2v) is 3.11. The third-order valence-corrected chi connectivity index (χ3v) is 1.87. The van der Waals surface area contributed by atoms with Crippen molar-refractivity contribution >= 4 is 23.6 Å². The second kappa shape index (κ2) is 4.10. The second-order valence-electron chi connectivity index (χ2n) is 2.67. The summed E-state index contributed by atoms with van der Waals surface area (Å²) in [6, 6.07) is 5.32. The van der Waals surface area contributed by atoms with Crippen LogP contribution in [0.3, 0.4) is 0 Å². The maximum absolute atomic E-state index is 10.2. The van der Waals surface area contributed by atoms with Crippen LogP contribution in [0.15, 0.2) is 24.3 Å². The highest BCUT2D eigenvalue weighted by atomic mass is 35.5. The minimum Gasteiger partial charge on any atom is -0.478 e. The van der Waals surface area contributed by atoms with E-state index in [1.165, 1.54) is 0 Å². The molecule has 0 aliphatic rings. The van der Waals surface area contributed by atoms with E-state index in [1.807, 2.05) is 6.92 Å². The van der Waals surface area contributed by atoms with E-state index in [-0.39, 0.29) is 0 Å². The lowest BCUT2D eigenvalue weighted by Crippen LogP contribution is -1.87. The minimum atomic E-state index is -0.950. The van der Waals surface area contributed by atoms with Gasteiger partial charge in [-0.05, 0) is 36.3 Å². The van der Waals surface area contributed by atoms with E-state index in [2.05, 4.69) is 0 Å². The number of hydrogen-bond donors (Lipinski definition) is 1. The van der Waals surface area contributed by atoms with Crippen LogP contribution in [0, 0.1) is 6.92 Å². The van der Waals surface area contributed by atoms with Gasteiger partial charge >= 0.3 is 5.97 Å². The summed E-state index contributed by atoms with van der Waals surface area (Å²) in [6.07, 6.45) is 2.66. The van der Waals surface area contributed by atoms with Gasteiger partial charge in [-0.3, -0.25) is 0 Å². The first-order valence-corrected chi connectivity index (χ1v) is 4.14. The van der Waals surface area contributed by atoms with Gasteiger partial charge < -0.3 is 5.11 Å². The molecule has 0 amide bonds. The van der Waals surface area contributed by atoms with Crippen molar-refractivity contribution in [2.75, 3.05) is 0 Å². The molecule has 1 aromatic carbocycles. The van der Waals surface area contributed by atoms with Gasteiger partial charge in [0.25, 0.3) is 0 Å². The molecule has 1 aromatic rings. The molecule has 13 heavy (non-hydrogen) atoms. The number of aliphatic carboxylic acids is 1. The summed E-state index contributed by atoms with van der Waals surface area (Å²) >= 11 is 5.74. The van der Waals surface area contributed by atoms with Crippen LogP contribution in [0.5, 0.6) is 0 Å². The molecule has 0 unspecified atom stereocenters. The summed E-state index contributed by atoms with van der Waals surface area (Å²) in [7, 11) is 0. The molecular weight excluding hydrogens is 188 g/mol. The average molecular weight is 197 g/mol. The van der Waals surface area contributed by atoms with Crippen molar-refractivity contribution in [1.29, 1.82) is 0 Å². The van der Waals surface area contributed by atoms with E-state index in [0.717, 1.165) is 17.2 Å². The molecule has 0 saturated carbocycles. The van der Waals surface area contributed by atoms with Gasteiger partial charge in [0.15, 0.2) is 0 Å². The molecule has 3 heteroatoms. The Balaban J connectivity index is 2.96.